The van der Waals surface area contributed by atoms with Crippen LogP contribution in [-0.4, -0.2) is 19.0 Å². The van der Waals surface area contributed by atoms with Gasteiger partial charge in [0.05, 0.1) is 17.6 Å². The van der Waals surface area contributed by atoms with Crippen LogP contribution in [0.2, 0.25) is 0 Å². The number of hydrogen-bond donors (Lipinski definition) is 2. The van der Waals surface area contributed by atoms with Gasteiger partial charge in [0.15, 0.2) is 0 Å². The summed E-state index contributed by atoms with van der Waals surface area (Å²) in [5.74, 6) is 0.369. The van der Waals surface area contributed by atoms with Crippen molar-refractivity contribution in [3.8, 4) is 0 Å². The van der Waals surface area contributed by atoms with Gasteiger partial charge in [0.1, 0.15) is 5.76 Å². The average Bonchev–Trinajstić information content (AvgIpc) is 2.71. The molecule has 14 heavy (non-hydrogen) atoms. The number of carbonyl (C=O) groups is 1. The Morgan fingerprint density at radius 1 is 1.79 bits per heavy atom. The van der Waals surface area contributed by atoms with Gasteiger partial charge in [-0.05, 0) is 12.1 Å². The highest BCUT2D eigenvalue weighted by Crippen LogP contribution is 2.35. The van der Waals surface area contributed by atoms with Crippen LogP contribution in [0.4, 0.5) is 0 Å². The minimum absolute atomic E-state index is 0.186. The Kier molecular flexibility index (Phi) is 2.07. The van der Waals surface area contributed by atoms with Crippen molar-refractivity contribution >= 4 is 5.91 Å². The molecule has 76 valence electrons. The Balaban J connectivity index is 2.35. The smallest absolute Gasteiger partial charge is 0.222 e. The fourth-order valence-electron chi connectivity index (χ4n) is 2.10. The molecule has 1 fully saturated rings. The Morgan fingerprint density at radius 3 is 3.14 bits per heavy atom. The van der Waals surface area contributed by atoms with E-state index < -0.39 is 0 Å². The number of nitrogens with two attached hydrogens (primary N) is 1. The highest BCUT2D eigenvalue weighted by Gasteiger charge is 2.45. The first-order valence-electron chi connectivity index (χ1n) is 4.68. The van der Waals surface area contributed by atoms with Crippen molar-refractivity contribution in [3.05, 3.63) is 24.2 Å². The summed E-state index contributed by atoms with van der Waals surface area (Å²) in [6, 6.07) is 3.72. The minimum Gasteiger partial charge on any atom is -0.469 e. The second kappa shape index (κ2) is 3.13. The third kappa shape index (κ3) is 1.23. The van der Waals surface area contributed by atoms with Gasteiger partial charge in [-0.15, -0.1) is 0 Å². The fourth-order valence-corrected chi connectivity index (χ4v) is 2.10. The summed E-state index contributed by atoms with van der Waals surface area (Å²) in [4.78, 5) is 11.3. The molecule has 3 N–H and O–H groups in total. The molecule has 4 nitrogen and oxygen atoms in total. The average molecular weight is 194 g/mol. The number of furan rings is 1. The van der Waals surface area contributed by atoms with E-state index in [2.05, 4.69) is 5.32 Å². The number of amides is 1. The van der Waals surface area contributed by atoms with Crippen LogP contribution in [0.15, 0.2) is 22.8 Å². The molecule has 0 spiro atoms. The number of rotatable bonds is 2. The highest BCUT2D eigenvalue weighted by atomic mass is 16.3. The summed E-state index contributed by atoms with van der Waals surface area (Å²) in [7, 11) is 0. The molecular formula is C10H14N2O2. The fraction of sp³-hybridized carbons (Fsp3) is 0.500. The Morgan fingerprint density at radius 2 is 2.57 bits per heavy atom. The van der Waals surface area contributed by atoms with Crippen molar-refractivity contribution < 1.29 is 9.21 Å². The van der Waals surface area contributed by atoms with Crippen LogP contribution in [0.5, 0.6) is 0 Å². The summed E-state index contributed by atoms with van der Waals surface area (Å²) >= 11 is 0. The minimum atomic E-state index is -0.296. The molecule has 0 aliphatic carbocycles. The monoisotopic (exact) mass is 194 g/mol. The van der Waals surface area contributed by atoms with E-state index in [0.29, 0.717) is 6.54 Å². The van der Waals surface area contributed by atoms with Gasteiger partial charge in [-0.1, -0.05) is 6.92 Å². The van der Waals surface area contributed by atoms with Gasteiger partial charge in [0.2, 0.25) is 5.91 Å². The van der Waals surface area contributed by atoms with Crippen LogP contribution in [0.1, 0.15) is 12.7 Å². The van der Waals surface area contributed by atoms with E-state index in [1.54, 1.807) is 6.26 Å². The first-order chi connectivity index (χ1) is 6.64. The zero-order chi connectivity index (χ0) is 10.2. The van der Waals surface area contributed by atoms with E-state index in [9.17, 15) is 4.79 Å². The lowest BCUT2D eigenvalue weighted by molar-refractivity contribution is -0.122. The van der Waals surface area contributed by atoms with Crippen LogP contribution in [-0.2, 0) is 10.2 Å². The van der Waals surface area contributed by atoms with Crippen LogP contribution >= 0.6 is 0 Å². The number of primary amides is 1. The van der Waals surface area contributed by atoms with Crippen molar-refractivity contribution in [2.45, 2.75) is 12.3 Å². The van der Waals surface area contributed by atoms with E-state index in [-0.39, 0.29) is 17.2 Å². The third-order valence-corrected chi connectivity index (χ3v) is 3.04. The molecule has 1 saturated heterocycles. The largest absolute Gasteiger partial charge is 0.469 e. The second-order valence-electron chi connectivity index (χ2n) is 3.98. The first kappa shape index (κ1) is 9.27. The van der Waals surface area contributed by atoms with Gasteiger partial charge >= 0.3 is 0 Å². The van der Waals surface area contributed by atoms with Crippen LogP contribution in [0.25, 0.3) is 0 Å². The molecule has 2 atom stereocenters. The summed E-state index contributed by atoms with van der Waals surface area (Å²) in [6.45, 7) is 3.36. The molecule has 1 aliphatic heterocycles. The standard InChI is InChI=1S/C10H14N2O2/c1-10(8-3-2-4-14-8)6-12-5-7(10)9(11)13/h2-4,7,12H,5-6H2,1H3,(H2,11,13). The van der Waals surface area contributed by atoms with E-state index >= 15 is 0 Å². The Hall–Kier alpha value is -1.29. The van der Waals surface area contributed by atoms with Gasteiger partial charge in [-0.25, -0.2) is 0 Å². The molecule has 0 bridgehead atoms. The zero-order valence-electron chi connectivity index (χ0n) is 8.12. The van der Waals surface area contributed by atoms with Gasteiger partial charge in [0, 0.05) is 13.1 Å². The maximum absolute atomic E-state index is 11.3. The molecule has 2 rings (SSSR count). The van der Waals surface area contributed by atoms with Crippen LogP contribution in [0.3, 0.4) is 0 Å². The summed E-state index contributed by atoms with van der Waals surface area (Å²) in [5, 5.41) is 3.17. The number of nitrogens with one attached hydrogen (secondary N) is 1. The Labute approximate surface area is 82.5 Å². The Bertz CT molecular complexity index is 334. The lowest BCUT2D eigenvalue weighted by Gasteiger charge is -2.25. The molecule has 2 unspecified atom stereocenters. The molecule has 1 aliphatic rings. The van der Waals surface area contributed by atoms with Crippen LogP contribution in [0, 0.1) is 5.92 Å². The van der Waals surface area contributed by atoms with Crippen molar-refractivity contribution in [1.82, 2.24) is 5.32 Å². The lowest BCUT2D eigenvalue weighted by atomic mass is 9.77. The van der Waals surface area contributed by atoms with Crippen molar-refractivity contribution in [1.29, 1.82) is 0 Å². The first-order valence-corrected chi connectivity index (χ1v) is 4.68. The van der Waals surface area contributed by atoms with Gasteiger partial charge < -0.3 is 15.5 Å². The maximum atomic E-state index is 11.3. The molecule has 0 radical (unpaired) electrons. The van der Waals surface area contributed by atoms with E-state index in [1.807, 2.05) is 19.1 Å². The van der Waals surface area contributed by atoms with Crippen molar-refractivity contribution in [2.75, 3.05) is 13.1 Å². The van der Waals surface area contributed by atoms with Gasteiger partial charge in [-0.2, -0.15) is 0 Å². The molecule has 1 aromatic rings. The highest BCUT2D eigenvalue weighted by molar-refractivity contribution is 5.79. The molecule has 4 heteroatoms. The predicted molar refractivity (Wildman–Crippen MR) is 51.6 cm³/mol. The topological polar surface area (TPSA) is 68.3 Å². The molecule has 0 aromatic carbocycles. The van der Waals surface area contributed by atoms with Crippen LogP contribution < -0.4 is 11.1 Å². The molecule has 0 saturated carbocycles. The van der Waals surface area contributed by atoms with Crippen molar-refractivity contribution in [2.24, 2.45) is 11.7 Å². The third-order valence-electron chi connectivity index (χ3n) is 3.04. The molecular weight excluding hydrogens is 180 g/mol. The second-order valence-corrected chi connectivity index (χ2v) is 3.98. The quantitative estimate of drug-likeness (QED) is 0.708. The summed E-state index contributed by atoms with van der Waals surface area (Å²) in [6.07, 6.45) is 1.62. The zero-order valence-corrected chi connectivity index (χ0v) is 8.12. The lowest BCUT2D eigenvalue weighted by Crippen LogP contribution is -2.39. The summed E-state index contributed by atoms with van der Waals surface area (Å²) in [5.41, 5.74) is 5.06. The summed E-state index contributed by atoms with van der Waals surface area (Å²) < 4.78 is 5.35. The number of hydrogen-bond acceptors (Lipinski definition) is 3. The number of carbonyl (C=O) groups excluding carboxylic acids is 1. The normalized spacial score (nSPS) is 31.9. The molecule has 2 heterocycles. The van der Waals surface area contributed by atoms with E-state index in [4.69, 9.17) is 10.2 Å². The SMILES string of the molecule is CC1(c2ccco2)CNCC1C(N)=O. The van der Waals surface area contributed by atoms with E-state index in [0.717, 1.165) is 12.3 Å². The maximum Gasteiger partial charge on any atom is 0.222 e. The molecule has 1 aromatic heterocycles. The van der Waals surface area contributed by atoms with Gasteiger partial charge in [0.25, 0.3) is 0 Å². The van der Waals surface area contributed by atoms with Crippen molar-refractivity contribution in [3.63, 3.8) is 0 Å². The molecule has 1 amide bonds. The predicted octanol–water partition coefficient (Wildman–Crippen LogP) is 0.242. The van der Waals surface area contributed by atoms with E-state index in [1.165, 1.54) is 0 Å². The van der Waals surface area contributed by atoms with Gasteiger partial charge in [-0.3, -0.25) is 4.79 Å².